The van der Waals surface area contributed by atoms with Gasteiger partial charge in [0.15, 0.2) is 11.5 Å². The minimum atomic E-state index is 0.449. The van der Waals surface area contributed by atoms with Crippen molar-refractivity contribution in [2.75, 3.05) is 7.11 Å². The molecule has 0 amide bonds. The van der Waals surface area contributed by atoms with E-state index in [9.17, 15) is 0 Å². The summed E-state index contributed by atoms with van der Waals surface area (Å²) in [6.45, 7) is 2.59. The lowest BCUT2D eigenvalue weighted by Gasteiger charge is -2.11. The molecule has 3 rings (SSSR count). The highest BCUT2D eigenvalue weighted by molar-refractivity contribution is 6.30. The lowest BCUT2D eigenvalue weighted by Crippen LogP contribution is -1.98. The van der Waals surface area contributed by atoms with Crippen molar-refractivity contribution in [1.29, 1.82) is 0 Å². The van der Waals surface area contributed by atoms with Gasteiger partial charge in [-0.3, -0.25) is 4.99 Å². The van der Waals surface area contributed by atoms with E-state index in [0.29, 0.717) is 23.1 Å². The second-order valence-electron chi connectivity index (χ2n) is 6.10. The van der Waals surface area contributed by atoms with Crippen molar-refractivity contribution < 1.29 is 9.47 Å². The van der Waals surface area contributed by atoms with E-state index in [2.05, 4.69) is 24.0 Å². The summed E-state index contributed by atoms with van der Waals surface area (Å²) in [4.78, 5) is 4.52. The van der Waals surface area contributed by atoms with E-state index in [0.717, 1.165) is 23.2 Å². The molecule has 0 saturated heterocycles. The van der Waals surface area contributed by atoms with E-state index >= 15 is 0 Å². The Kier molecular flexibility index (Phi) is 6.50. The second-order valence-corrected chi connectivity index (χ2v) is 6.54. The molecule has 0 saturated carbocycles. The first-order valence-electron chi connectivity index (χ1n) is 8.86. The van der Waals surface area contributed by atoms with Crippen LogP contribution in [-0.4, -0.2) is 13.3 Å². The molecule has 0 unspecified atom stereocenters. The molecule has 0 bridgehead atoms. The minimum Gasteiger partial charge on any atom is -0.493 e. The number of benzene rings is 3. The van der Waals surface area contributed by atoms with Crippen LogP contribution in [0.15, 0.2) is 71.7 Å². The topological polar surface area (TPSA) is 30.8 Å². The maximum Gasteiger partial charge on any atom is 0.161 e. The summed E-state index contributed by atoms with van der Waals surface area (Å²) in [7, 11) is 1.63. The standard InChI is InChI=1S/C23H22ClNO2/c1-3-17-6-11-21(12-7-17)25-15-19-8-13-22(23(14-19)26-2)27-16-18-4-9-20(24)10-5-18/h4-15H,3,16H2,1-2H3. The van der Waals surface area contributed by atoms with E-state index in [-0.39, 0.29) is 0 Å². The highest BCUT2D eigenvalue weighted by atomic mass is 35.5. The van der Waals surface area contributed by atoms with Gasteiger partial charge in [-0.05, 0) is 65.6 Å². The molecule has 3 aromatic rings. The first-order chi connectivity index (χ1) is 13.2. The molecule has 27 heavy (non-hydrogen) atoms. The molecule has 0 atom stereocenters. The lowest BCUT2D eigenvalue weighted by molar-refractivity contribution is 0.284. The fraction of sp³-hybridized carbons (Fsp3) is 0.174. The molecule has 3 aromatic carbocycles. The number of aliphatic imine (C=N–C) groups is 1. The molecule has 0 fully saturated rings. The average molecular weight is 380 g/mol. The van der Waals surface area contributed by atoms with Crippen molar-refractivity contribution in [3.05, 3.63) is 88.4 Å². The van der Waals surface area contributed by atoms with Crippen molar-refractivity contribution >= 4 is 23.5 Å². The predicted molar refractivity (Wildman–Crippen MR) is 112 cm³/mol. The lowest BCUT2D eigenvalue weighted by atomic mass is 10.1. The maximum atomic E-state index is 5.91. The molecule has 0 heterocycles. The number of aryl methyl sites for hydroxylation is 1. The van der Waals surface area contributed by atoms with Crippen molar-refractivity contribution in [2.24, 2.45) is 4.99 Å². The predicted octanol–water partition coefficient (Wildman–Crippen LogP) is 6.24. The molecule has 0 aromatic heterocycles. The van der Waals surface area contributed by atoms with Gasteiger partial charge >= 0.3 is 0 Å². The molecule has 3 nitrogen and oxygen atoms in total. The Hall–Kier alpha value is -2.78. The molecule has 4 heteroatoms. The minimum absolute atomic E-state index is 0.449. The van der Waals surface area contributed by atoms with Gasteiger partial charge in [0.05, 0.1) is 12.8 Å². The molecule has 0 aliphatic carbocycles. The Bertz CT molecular complexity index is 903. The Balaban J connectivity index is 1.69. The van der Waals surface area contributed by atoms with Gasteiger partial charge in [0, 0.05) is 11.2 Å². The number of methoxy groups -OCH3 is 1. The Labute approximate surface area is 165 Å². The highest BCUT2D eigenvalue weighted by Crippen LogP contribution is 2.28. The van der Waals surface area contributed by atoms with Crippen LogP contribution < -0.4 is 9.47 Å². The van der Waals surface area contributed by atoms with Gasteiger partial charge < -0.3 is 9.47 Å². The number of hydrogen-bond acceptors (Lipinski definition) is 3. The molecule has 138 valence electrons. The Morgan fingerprint density at radius 2 is 1.59 bits per heavy atom. The second kappa shape index (κ2) is 9.24. The summed E-state index contributed by atoms with van der Waals surface area (Å²) in [6, 6.07) is 21.6. The van der Waals surface area contributed by atoms with E-state index in [4.69, 9.17) is 21.1 Å². The number of rotatable bonds is 7. The first-order valence-corrected chi connectivity index (χ1v) is 9.24. The van der Waals surface area contributed by atoms with Crippen LogP contribution in [0.4, 0.5) is 5.69 Å². The highest BCUT2D eigenvalue weighted by Gasteiger charge is 2.06. The normalized spacial score (nSPS) is 10.9. The van der Waals surface area contributed by atoms with Crippen LogP contribution in [0.5, 0.6) is 11.5 Å². The zero-order valence-corrected chi connectivity index (χ0v) is 16.2. The van der Waals surface area contributed by atoms with Crippen LogP contribution in [0.25, 0.3) is 0 Å². The Morgan fingerprint density at radius 1 is 0.889 bits per heavy atom. The summed E-state index contributed by atoms with van der Waals surface area (Å²) in [5, 5.41) is 0.712. The van der Waals surface area contributed by atoms with Gasteiger partial charge in [0.2, 0.25) is 0 Å². The molecule has 0 radical (unpaired) electrons. The molecule has 0 aliphatic heterocycles. The Morgan fingerprint density at radius 3 is 2.26 bits per heavy atom. The van der Waals surface area contributed by atoms with Crippen molar-refractivity contribution in [3.8, 4) is 11.5 Å². The van der Waals surface area contributed by atoms with Crippen LogP contribution in [0, 0.1) is 0 Å². The number of ether oxygens (including phenoxy) is 2. The quantitative estimate of drug-likeness (QED) is 0.455. The van der Waals surface area contributed by atoms with Crippen molar-refractivity contribution in [1.82, 2.24) is 0 Å². The summed E-state index contributed by atoms with van der Waals surface area (Å²) in [5.41, 5.74) is 4.22. The number of halogens is 1. The van der Waals surface area contributed by atoms with Crippen LogP contribution in [-0.2, 0) is 13.0 Å². The maximum absolute atomic E-state index is 5.91. The smallest absolute Gasteiger partial charge is 0.161 e. The van der Waals surface area contributed by atoms with E-state index in [1.165, 1.54) is 5.56 Å². The first kappa shape index (κ1) is 19.0. The number of hydrogen-bond donors (Lipinski definition) is 0. The van der Waals surface area contributed by atoms with Gasteiger partial charge in [-0.25, -0.2) is 0 Å². The van der Waals surface area contributed by atoms with Gasteiger partial charge in [-0.15, -0.1) is 0 Å². The van der Waals surface area contributed by atoms with Crippen LogP contribution in [0.1, 0.15) is 23.6 Å². The van der Waals surface area contributed by atoms with Gasteiger partial charge in [-0.2, -0.15) is 0 Å². The fourth-order valence-corrected chi connectivity index (χ4v) is 2.72. The average Bonchev–Trinajstić information content (AvgIpc) is 2.72. The SMILES string of the molecule is CCc1ccc(N=Cc2ccc(OCc3ccc(Cl)cc3)c(OC)c2)cc1. The molecule has 0 spiro atoms. The fourth-order valence-electron chi connectivity index (χ4n) is 2.59. The largest absolute Gasteiger partial charge is 0.493 e. The summed E-state index contributed by atoms with van der Waals surface area (Å²) in [5.74, 6) is 1.37. The van der Waals surface area contributed by atoms with Gasteiger partial charge in [0.1, 0.15) is 6.61 Å². The molecule has 0 N–H and O–H groups in total. The third kappa shape index (κ3) is 5.35. The molecule has 0 aliphatic rings. The van der Waals surface area contributed by atoms with E-state index in [1.54, 1.807) is 7.11 Å². The van der Waals surface area contributed by atoms with Gasteiger partial charge in [-0.1, -0.05) is 42.8 Å². The third-order valence-corrected chi connectivity index (χ3v) is 4.45. The van der Waals surface area contributed by atoms with Crippen LogP contribution in [0.3, 0.4) is 0 Å². The summed E-state index contributed by atoms with van der Waals surface area (Å²) >= 11 is 5.91. The zero-order chi connectivity index (χ0) is 19.1. The third-order valence-electron chi connectivity index (χ3n) is 4.20. The monoisotopic (exact) mass is 379 g/mol. The van der Waals surface area contributed by atoms with Crippen LogP contribution >= 0.6 is 11.6 Å². The molecular formula is C23H22ClNO2. The number of nitrogens with zero attached hydrogens (tertiary/aromatic N) is 1. The van der Waals surface area contributed by atoms with Gasteiger partial charge in [0.25, 0.3) is 0 Å². The van der Waals surface area contributed by atoms with Crippen molar-refractivity contribution in [3.63, 3.8) is 0 Å². The van der Waals surface area contributed by atoms with Crippen LogP contribution in [0.2, 0.25) is 5.02 Å². The molecular weight excluding hydrogens is 358 g/mol. The van der Waals surface area contributed by atoms with E-state index < -0.39 is 0 Å². The van der Waals surface area contributed by atoms with Crippen molar-refractivity contribution in [2.45, 2.75) is 20.0 Å². The van der Waals surface area contributed by atoms with E-state index in [1.807, 2.05) is 60.8 Å². The summed E-state index contributed by atoms with van der Waals surface area (Å²) in [6.07, 6.45) is 2.85. The summed E-state index contributed by atoms with van der Waals surface area (Å²) < 4.78 is 11.4. The zero-order valence-electron chi connectivity index (χ0n) is 15.5.